The quantitative estimate of drug-likeness (QED) is 0.708. The largest absolute Gasteiger partial charge is 0.390 e. The fourth-order valence-corrected chi connectivity index (χ4v) is 7.70. The molecule has 2 aliphatic heterocycles. The van der Waals surface area contributed by atoms with Crippen LogP contribution in [0.15, 0.2) is 0 Å². The molecule has 2 saturated heterocycles. The first-order chi connectivity index (χ1) is 12.8. The summed E-state index contributed by atoms with van der Waals surface area (Å²) in [7, 11) is 0. The van der Waals surface area contributed by atoms with Crippen molar-refractivity contribution in [2.75, 3.05) is 6.61 Å². The molecule has 5 nitrogen and oxygen atoms in total. The number of hydrogen-bond acceptors (Lipinski definition) is 5. The van der Waals surface area contributed by atoms with Crippen LogP contribution in [0.25, 0.3) is 0 Å². The molecule has 2 N–H and O–H groups in total. The first kappa shape index (κ1) is 21.0. The molecule has 0 aromatic heterocycles. The number of fused-ring (bicyclic) bond motifs is 3. The second kappa shape index (κ2) is 6.16. The highest BCUT2D eigenvalue weighted by molar-refractivity contribution is 5.17. The van der Waals surface area contributed by atoms with Crippen LogP contribution in [0.4, 0.5) is 0 Å². The van der Waals surface area contributed by atoms with Crippen molar-refractivity contribution in [2.45, 2.75) is 116 Å². The molecule has 0 radical (unpaired) electrons. The van der Waals surface area contributed by atoms with Crippen molar-refractivity contribution in [3.05, 3.63) is 0 Å². The molecule has 4 rings (SSSR count). The zero-order valence-electron chi connectivity index (χ0n) is 18.7. The van der Waals surface area contributed by atoms with Gasteiger partial charge in [-0.15, -0.1) is 0 Å². The molecule has 0 bridgehead atoms. The van der Waals surface area contributed by atoms with E-state index in [2.05, 4.69) is 27.7 Å². The summed E-state index contributed by atoms with van der Waals surface area (Å²) in [4.78, 5) is 0. The molecule has 0 amide bonds. The summed E-state index contributed by atoms with van der Waals surface area (Å²) in [5.41, 5.74) is -1.35. The summed E-state index contributed by atoms with van der Waals surface area (Å²) in [6, 6.07) is 0. The average Bonchev–Trinajstić information content (AvgIpc) is 2.92. The van der Waals surface area contributed by atoms with Crippen LogP contribution in [0.5, 0.6) is 0 Å². The Morgan fingerprint density at radius 3 is 2.18 bits per heavy atom. The molecule has 0 spiro atoms. The van der Waals surface area contributed by atoms with E-state index in [0.29, 0.717) is 6.61 Å². The molecule has 0 aromatic carbocycles. The molecule has 2 heterocycles. The van der Waals surface area contributed by atoms with E-state index >= 15 is 0 Å². The van der Waals surface area contributed by atoms with Gasteiger partial charge in [0.15, 0.2) is 5.79 Å². The fourth-order valence-electron chi connectivity index (χ4n) is 7.70. The highest BCUT2D eigenvalue weighted by Gasteiger charge is 2.69. The zero-order chi connectivity index (χ0) is 20.8. The van der Waals surface area contributed by atoms with Crippen molar-refractivity contribution in [1.82, 2.24) is 0 Å². The fraction of sp³-hybridized carbons (Fsp3) is 1.00. The van der Waals surface area contributed by atoms with Gasteiger partial charge in [-0.1, -0.05) is 27.2 Å². The molecule has 162 valence electrons. The Balaban J connectivity index is 1.68. The second-order valence-corrected chi connectivity index (χ2v) is 11.8. The smallest absolute Gasteiger partial charge is 0.163 e. The van der Waals surface area contributed by atoms with Gasteiger partial charge in [0.25, 0.3) is 0 Å². The lowest BCUT2D eigenvalue weighted by Gasteiger charge is -2.68. The van der Waals surface area contributed by atoms with E-state index in [9.17, 15) is 10.2 Å². The van der Waals surface area contributed by atoms with Crippen LogP contribution in [-0.4, -0.2) is 52.1 Å². The van der Waals surface area contributed by atoms with Gasteiger partial charge in [0.1, 0.15) is 12.2 Å². The Morgan fingerprint density at radius 2 is 1.57 bits per heavy atom. The molecule has 28 heavy (non-hydrogen) atoms. The van der Waals surface area contributed by atoms with E-state index in [1.165, 1.54) is 6.42 Å². The van der Waals surface area contributed by atoms with E-state index in [1.807, 2.05) is 20.8 Å². The normalized spacial score (nSPS) is 55.4. The first-order valence-corrected chi connectivity index (χ1v) is 11.1. The van der Waals surface area contributed by atoms with Crippen LogP contribution in [0.3, 0.4) is 0 Å². The molecule has 2 saturated carbocycles. The Labute approximate surface area is 170 Å². The molecule has 8 atom stereocenters. The molecular formula is C23H40O5. The summed E-state index contributed by atoms with van der Waals surface area (Å²) >= 11 is 0. The second-order valence-electron chi connectivity index (χ2n) is 11.8. The van der Waals surface area contributed by atoms with Crippen molar-refractivity contribution >= 4 is 0 Å². The Hall–Kier alpha value is -0.200. The number of aliphatic hydroxyl groups excluding tert-OH is 2. The third-order valence-corrected chi connectivity index (χ3v) is 8.90. The maximum Gasteiger partial charge on any atom is 0.163 e. The molecule has 4 aliphatic rings. The lowest BCUT2D eigenvalue weighted by molar-refractivity contribution is -0.340. The van der Waals surface area contributed by atoms with Gasteiger partial charge in [0.05, 0.1) is 23.9 Å². The van der Waals surface area contributed by atoms with Crippen LogP contribution in [-0.2, 0) is 14.2 Å². The van der Waals surface area contributed by atoms with Crippen LogP contribution >= 0.6 is 0 Å². The molecule has 2 aliphatic carbocycles. The minimum absolute atomic E-state index is 0.0158. The number of aliphatic hydroxyl groups is 2. The third kappa shape index (κ3) is 2.84. The SMILES string of the molecule is CC1(C)OC[C@H]([C@@]2(C)CC[C@@H]3[C@@]4(C)CCCC(C)(C)[C@@H]4[C@H](O)[C@H](O)[C@@]3(C)O2)O1. The van der Waals surface area contributed by atoms with Crippen LogP contribution in [0.2, 0.25) is 0 Å². The first-order valence-electron chi connectivity index (χ1n) is 11.1. The highest BCUT2D eigenvalue weighted by Crippen LogP contribution is 2.65. The summed E-state index contributed by atoms with van der Waals surface area (Å²) in [6.07, 6.45) is 3.36. The van der Waals surface area contributed by atoms with Crippen molar-refractivity contribution in [2.24, 2.45) is 22.7 Å². The van der Waals surface area contributed by atoms with E-state index in [0.717, 1.165) is 25.7 Å². The van der Waals surface area contributed by atoms with Crippen molar-refractivity contribution in [1.29, 1.82) is 0 Å². The summed E-state index contributed by atoms with van der Waals surface area (Å²) in [5.74, 6) is -0.310. The molecule has 0 aromatic rings. The van der Waals surface area contributed by atoms with Gasteiger partial charge >= 0.3 is 0 Å². The van der Waals surface area contributed by atoms with Crippen LogP contribution in [0, 0.1) is 22.7 Å². The summed E-state index contributed by atoms with van der Waals surface area (Å²) in [6.45, 7) is 15.3. The molecule has 0 unspecified atom stereocenters. The molecule has 5 heteroatoms. The monoisotopic (exact) mass is 396 g/mol. The number of hydrogen-bond donors (Lipinski definition) is 2. The highest BCUT2D eigenvalue weighted by atomic mass is 16.8. The molecule has 4 fully saturated rings. The van der Waals surface area contributed by atoms with Gasteiger partial charge < -0.3 is 24.4 Å². The zero-order valence-corrected chi connectivity index (χ0v) is 18.7. The summed E-state index contributed by atoms with van der Waals surface area (Å²) < 4.78 is 18.8. The van der Waals surface area contributed by atoms with E-state index in [-0.39, 0.29) is 28.8 Å². The minimum atomic E-state index is -0.900. The standard InChI is InChI=1S/C23H40O5/c1-19(2)10-8-11-21(5)14-9-12-22(6,15-13-26-20(3,4)27-15)28-23(14,7)18(25)16(24)17(19)21/h14-18,24-25H,8-13H2,1-7H3/t14-,15-,16+,17+,18+,21-,22-,23+/m1/s1. The van der Waals surface area contributed by atoms with Crippen molar-refractivity contribution < 1.29 is 24.4 Å². The predicted molar refractivity (Wildman–Crippen MR) is 107 cm³/mol. The van der Waals surface area contributed by atoms with Crippen LogP contribution < -0.4 is 0 Å². The van der Waals surface area contributed by atoms with E-state index in [1.54, 1.807) is 0 Å². The third-order valence-electron chi connectivity index (χ3n) is 8.90. The average molecular weight is 397 g/mol. The number of ether oxygens (including phenoxy) is 3. The van der Waals surface area contributed by atoms with E-state index < -0.39 is 29.2 Å². The van der Waals surface area contributed by atoms with E-state index in [4.69, 9.17) is 14.2 Å². The maximum absolute atomic E-state index is 11.3. The molecular weight excluding hydrogens is 356 g/mol. The predicted octanol–water partition coefficient (Wildman–Crippen LogP) is 3.65. The minimum Gasteiger partial charge on any atom is -0.390 e. The van der Waals surface area contributed by atoms with Crippen molar-refractivity contribution in [3.63, 3.8) is 0 Å². The Morgan fingerprint density at radius 1 is 0.893 bits per heavy atom. The van der Waals surface area contributed by atoms with Crippen LogP contribution in [0.1, 0.15) is 80.6 Å². The van der Waals surface area contributed by atoms with Gasteiger partial charge in [-0.2, -0.15) is 0 Å². The topological polar surface area (TPSA) is 68.2 Å². The van der Waals surface area contributed by atoms with Crippen molar-refractivity contribution in [3.8, 4) is 0 Å². The van der Waals surface area contributed by atoms with Gasteiger partial charge in [0.2, 0.25) is 0 Å². The Bertz CT molecular complexity index is 632. The van der Waals surface area contributed by atoms with Gasteiger partial charge in [-0.05, 0) is 76.0 Å². The Kier molecular flexibility index (Phi) is 4.63. The lowest BCUT2D eigenvalue weighted by Crippen LogP contribution is -2.74. The van der Waals surface area contributed by atoms with Gasteiger partial charge in [-0.3, -0.25) is 0 Å². The van der Waals surface area contributed by atoms with Gasteiger partial charge in [0, 0.05) is 0 Å². The summed E-state index contributed by atoms with van der Waals surface area (Å²) in [5, 5.41) is 22.7. The van der Waals surface area contributed by atoms with Gasteiger partial charge in [-0.25, -0.2) is 0 Å². The number of rotatable bonds is 1. The lowest BCUT2D eigenvalue weighted by atomic mass is 9.43. The maximum atomic E-state index is 11.3.